The lowest BCUT2D eigenvalue weighted by Gasteiger charge is -2.31. The first kappa shape index (κ1) is 13.1. The van der Waals surface area contributed by atoms with Crippen LogP contribution in [-0.2, 0) is 6.42 Å². The maximum Gasteiger partial charge on any atom is 0.00782 e. The summed E-state index contributed by atoms with van der Waals surface area (Å²) in [7, 11) is 0. The van der Waals surface area contributed by atoms with Crippen LogP contribution in [0.4, 0.5) is 0 Å². The molecule has 1 aromatic rings. The zero-order chi connectivity index (χ0) is 13.6. The smallest absolute Gasteiger partial charge is 0.00782 e. The van der Waals surface area contributed by atoms with Crippen LogP contribution in [0.3, 0.4) is 0 Å². The van der Waals surface area contributed by atoms with Crippen molar-refractivity contribution in [3.63, 3.8) is 0 Å². The largest absolute Gasteiger partial charge is 0.126 e. The van der Waals surface area contributed by atoms with Gasteiger partial charge in [0, 0.05) is 4.90 Å². The van der Waals surface area contributed by atoms with Crippen LogP contribution in [-0.4, -0.2) is 5.75 Å². The molecule has 0 N–H and O–H groups in total. The Hall–Kier alpha value is -0.950. The molecule has 0 aromatic heterocycles. The number of hydrogen-bond acceptors (Lipinski definition) is 1. The van der Waals surface area contributed by atoms with Crippen LogP contribution >= 0.6 is 11.8 Å². The first-order chi connectivity index (χ1) is 9.03. The Labute approximate surface area is 121 Å². The van der Waals surface area contributed by atoms with Crippen LogP contribution in [0.1, 0.15) is 45.2 Å². The Morgan fingerprint density at radius 2 is 2.05 bits per heavy atom. The second-order valence-electron chi connectivity index (χ2n) is 6.24. The molecule has 1 heteroatoms. The highest BCUT2D eigenvalue weighted by atomic mass is 32.2. The van der Waals surface area contributed by atoms with E-state index in [0.29, 0.717) is 5.41 Å². The van der Waals surface area contributed by atoms with Gasteiger partial charge in [-0.3, -0.25) is 0 Å². The third-order valence-corrected chi connectivity index (χ3v) is 5.54. The lowest BCUT2D eigenvalue weighted by atomic mass is 9.74. The van der Waals surface area contributed by atoms with Gasteiger partial charge in [0.05, 0.1) is 0 Å². The van der Waals surface area contributed by atoms with Gasteiger partial charge in [0.15, 0.2) is 0 Å². The predicted octanol–water partition coefficient (Wildman–Crippen LogP) is 5.48. The van der Waals surface area contributed by atoms with E-state index in [-0.39, 0.29) is 0 Å². The molecule has 0 bridgehead atoms. The first-order valence-corrected chi connectivity index (χ1v) is 8.18. The monoisotopic (exact) mass is 270 g/mol. The number of benzene rings is 1. The highest BCUT2D eigenvalue weighted by Gasteiger charge is 2.32. The van der Waals surface area contributed by atoms with Crippen LogP contribution in [0, 0.1) is 5.41 Å². The Balaban J connectivity index is 2.07. The molecule has 0 fully saturated rings. The normalized spacial score (nSPS) is 20.1. The maximum absolute atomic E-state index is 2.47. The van der Waals surface area contributed by atoms with Gasteiger partial charge in [0.25, 0.3) is 0 Å². The van der Waals surface area contributed by atoms with Crippen molar-refractivity contribution < 1.29 is 0 Å². The minimum absolute atomic E-state index is 0.335. The lowest BCUT2D eigenvalue weighted by molar-refractivity contribution is 0.445. The van der Waals surface area contributed by atoms with Gasteiger partial charge in [-0.1, -0.05) is 38.5 Å². The van der Waals surface area contributed by atoms with Gasteiger partial charge in [0.1, 0.15) is 0 Å². The van der Waals surface area contributed by atoms with Crippen molar-refractivity contribution >= 4 is 17.3 Å². The van der Waals surface area contributed by atoms with Crippen molar-refractivity contribution in [3.8, 4) is 0 Å². The van der Waals surface area contributed by atoms with E-state index in [0.717, 1.165) is 12.2 Å². The summed E-state index contributed by atoms with van der Waals surface area (Å²) < 4.78 is 0. The number of fused-ring (bicyclic) bond motifs is 3. The van der Waals surface area contributed by atoms with Gasteiger partial charge in [0.2, 0.25) is 0 Å². The van der Waals surface area contributed by atoms with E-state index in [1.54, 1.807) is 11.1 Å². The molecule has 0 heterocycles. The van der Waals surface area contributed by atoms with E-state index >= 15 is 0 Å². The van der Waals surface area contributed by atoms with Crippen molar-refractivity contribution in [2.45, 2.75) is 45.4 Å². The standard InChI is InChI=1S/C18H22S/c1-5-19-14-7-6-13-10-16-12(2)18(3,4)9-8-15(16)17(13)11-14/h6-8,11H,5,9-10H2,1-4H3. The topological polar surface area (TPSA) is 0 Å². The van der Waals surface area contributed by atoms with Crippen molar-refractivity contribution in [3.05, 3.63) is 46.5 Å². The zero-order valence-corrected chi connectivity index (χ0v) is 13.2. The van der Waals surface area contributed by atoms with Gasteiger partial charge in [-0.25, -0.2) is 0 Å². The third kappa shape index (κ3) is 2.08. The van der Waals surface area contributed by atoms with E-state index in [1.165, 1.54) is 28.0 Å². The highest BCUT2D eigenvalue weighted by molar-refractivity contribution is 7.99. The van der Waals surface area contributed by atoms with Crippen molar-refractivity contribution in [1.29, 1.82) is 0 Å². The molecule has 100 valence electrons. The minimum atomic E-state index is 0.335. The molecular weight excluding hydrogens is 248 g/mol. The molecule has 0 spiro atoms. The minimum Gasteiger partial charge on any atom is -0.126 e. The van der Waals surface area contributed by atoms with Crippen LogP contribution in [0.5, 0.6) is 0 Å². The Kier molecular flexibility index (Phi) is 3.13. The average Bonchev–Trinajstić information content (AvgIpc) is 2.73. The summed E-state index contributed by atoms with van der Waals surface area (Å²) in [6.45, 7) is 9.28. The molecule has 3 rings (SSSR count). The SMILES string of the molecule is CCSc1ccc2c(c1)C1=CCC(C)(C)C(C)=C1C2. The molecule has 2 aliphatic rings. The molecule has 0 nitrogen and oxygen atoms in total. The fraction of sp³-hybridized carbons (Fsp3) is 0.444. The van der Waals surface area contributed by atoms with Crippen LogP contribution in [0.15, 0.2) is 40.3 Å². The first-order valence-electron chi connectivity index (χ1n) is 7.20. The summed E-state index contributed by atoms with van der Waals surface area (Å²) in [5.41, 5.74) is 8.03. The summed E-state index contributed by atoms with van der Waals surface area (Å²) in [6, 6.07) is 7.01. The van der Waals surface area contributed by atoms with Gasteiger partial charge >= 0.3 is 0 Å². The molecule has 0 atom stereocenters. The fourth-order valence-electron chi connectivity index (χ4n) is 3.15. The number of allylic oxidation sites excluding steroid dienone is 4. The highest BCUT2D eigenvalue weighted by Crippen LogP contribution is 2.48. The molecule has 0 amide bonds. The molecule has 1 aromatic carbocycles. The molecule has 0 aliphatic heterocycles. The van der Waals surface area contributed by atoms with Crippen molar-refractivity contribution in [2.75, 3.05) is 5.75 Å². The van der Waals surface area contributed by atoms with Crippen LogP contribution in [0.2, 0.25) is 0 Å². The quantitative estimate of drug-likeness (QED) is 0.641. The molecule has 2 aliphatic carbocycles. The summed E-state index contributed by atoms with van der Waals surface area (Å²) in [5.74, 6) is 1.15. The van der Waals surface area contributed by atoms with Gasteiger partial charge < -0.3 is 0 Å². The molecule has 0 saturated carbocycles. The van der Waals surface area contributed by atoms with E-state index < -0.39 is 0 Å². The summed E-state index contributed by atoms with van der Waals surface area (Å²) in [4.78, 5) is 1.41. The van der Waals surface area contributed by atoms with Gasteiger partial charge in [-0.15, -0.1) is 11.8 Å². The van der Waals surface area contributed by atoms with E-state index in [1.807, 2.05) is 11.8 Å². The zero-order valence-electron chi connectivity index (χ0n) is 12.3. The summed E-state index contributed by atoms with van der Waals surface area (Å²) in [5, 5.41) is 0. The summed E-state index contributed by atoms with van der Waals surface area (Å²) >= 11 is 1.94. The summed E-state index contributed by atoms with van der Waals surface area (Å²) in [6.07, 6.45) is 4.77. The van der Waals surface area contributed by atoms with Crippen LogP contribution in [0.25, 0.3) is 5.57 Å². The van der Waals surface area contributed by atoms with Crippen LogP contribution < -0.4 is 0 Å². The second kappa shape index (κ2) is 4.56. The van der Waals surface area contributed by atoms with E-state index in [9.17, 15) is 0 Å². The van der Waals surface area contributed by atoms with E-state index in [2.05, 4.69) is 52.0 Å². The fourth-order valence-corrected chi connectivity index (χ4v) is 3.85. The molecular formula is C18H22S. The van der Waals surface area contributed by atoms with Crippen molar-refractivity contribution in [1.82, 2.24) is 0 Å². The van der Waals surface area contributed by atoms with Crippen molar-refractivity contribution in [2.24, 2.45) is 5.41 Å². The molecule has 0 radical (unpaired) electrons. The van der Waals surface area contributed by atoms with Gasteiger partial charge in [-0.2, -0.15) is 0 Å². The third-order valence-electron chi connectivity index (χ3n) is 4.66. The maximum atomic E-state index is 2.47. The number of hydrogen-bond donors (Lipinski definition) is 0. The predicted molar refractivity (Wildman–Crippen MR) is 85.6 cm³/mol. The Morgan fingerprint density at radius 3 is 2.79 bits per heavy atom. The van der Waals surface area contributed by atoms with Gasteiger partial charge in [-0.05, 0) is 65.3 Å². The Morgan fingerprint density at radius 1 is 1.26 bits per heavy atom. The average molecular weight is 270 g/mol. The lowest BCUT2D eigenvalue weighted by Crippen LogP contribution is -2.17. The molecule has 19 heavy (non-hydrogen) atoms. The number of thioether (sulfide) groups is 1. The molecule has 0 saturated heterocycles. The number of rotatable bonds is 2. The second-order valence-corrected chi connectivity index (χ2v) is 7.58. The van der Waals surface area contributed by atoms with E-state index in [4.69, 9.17) is 0 Å². The molecule has 0 unspecified atom stereocenters. The Bertz CT molecular complexity index is 588.